The van der Waals surface area contributed by atoms with Crippen molar-refractivity contribution in [2.75, 3.05) is 38.6 Å². The average Bonchev–Trinajstić information content (AvgIpc) is 3.44. The summed E-state index contributed by atoms with van der Waals surface area (Å²) in [6, 6.07) is 16.2. The lowest BCUT2D eigenvalue weighted by Gasteiger charge is -2.24. The number of likely N-dealkylation sites (tertiary alicyclic amines) is 1. The summed E-state index contributed by atoms with van der Waals surface area (Å²) in [6.07, 6.45) is 1.03. The van der Waals surface area contributed by atoms with Gasteiger partial charge in [0.1, 0.15) is 25.1 Å². The molecular formula is C33H41N5O8S. The number of likely N-dealkylation sites (N-methyl/N-ethyl adjacent to an activating group) is 1. The second kappa shape index (κ2) is 15.8. The van der Waals surface area contributed by atoms with Crippen molar-refractivity contribution in [3.63, 3.8) is 0 Å². The zero-order valence-electron chi connectivity index (χ0n) is 26.9. The summed E-state index contributed by atoms with van der Waals surface area (Å²) in [6.45, 7) is 4.93. The maximum absolute atomic E-state index is 13.2. The largest absolute Gasteiger partial charge is 0.480 e. The van der Waals surface area contributed by atoms with Crippen molar-refractivity contribution < 1.29 is 37.4 Å². The number of benzene rings is 2. The number of sulfonamides is 1. The van der Waals surface area contributed by atoms with Gasteiger partial charge >= 0.3 is 12.1 Å². The Morgan fingerprint density at radius 1 is 1.06 bits per heavy atom. The number of anilines is 1. The number of amides is 2. The molecule has 47 heavy (non-hydrogen) atoms. The van der Waals surface area contributed by atoms with Crippen LogP contribution in [0, 0.1) is 20.8 Å². The monoisotopic (exact) mass is 667 g/mol. The fourth-order valence-electron chi connectivity index (χ4n) is 5.58. The molecule has 0 aliphatic carbocycles. The molecule has 0 saturated carbocycles. The van der Waals surface area contributed by atoms with Gasteiger partial charge in [-0.05, 0) is 56.0 Å². The number of hydrogen-bond donors (Lipinski definition) is 3. The van der Waals surface area contributed by atoms with Crippen molar-refractivity contribution in [2.45, 2.75) is 56.9 Å². The first-order chi connectivity index (χ1) is 22.3. The SMILES string of the molecule is Cc1cc(C)c(S(=O)(=O)NC(CN(C)C(=O)CO[C@@H]2C[C@@H](CNc3ccccn3)N(C(=O)OCc3ccccc3)C2)C(=O)O)c(C)c1. The van der Waals surface area contributed by atoms with Gasteiger partial charge in [0, 0.05) is 26.3 Å². The van der Waals surface area contributed by atoms with Crippen LogP contribution in [0.25, 0.3) is 0 Å². The van der Waals surface area contributed by atoms with Crippen LogP contribution >= 0.6 is 0 Å². The first kappa shape index (κ1) is 35.3. The fourth-order valence-corrected chi connectivity index (χ4v) is 7.21. The molecular weight excluding hydrogens is 626 g/mol. The molecule has 4 rings (SSSR count). The number of nitrogens with zero attached hydrogens (tertiary/aromatic N) is 3. The van der Waals surface area contributed by atoms with Crippen LogP contribution < -0.4 is 10.0 Å². The number of ether oxygens (including phenoxy) is 2. The van der Waals surface area contributed by atoms with E-state index in [9.17, 15) is 27.9 Å². The zero-order valence-corrected chi connectivity index (χ0v) is 27.7. The summed E-state index contributed by atoms with van der Waals surface area (Å²) in [5, 5.41) is 13.0. The Morgan fingerprint density at radius 2 is 1.74 bits per heavy atom. The number of aliphatic carboxylic acids is 1. The number of carbonyl (C=O) groups is 3. The van der Waals surface area contributed by atoms with E-state index in [-0.39, 0.29) is 24.1 Å². The molecule has 0 radical (unpaired) electrons. The van der Waals surface area contributed by atoms with Crippen LogP contribution in [-0.4, -0.2) is 97.8 Å². The molecule has 1 fully saturated rings. The highest BCUT2D eigenvalue weighted by molar-refractivity contribution is 7.89. The summed E-state index contributed by atoms with van der Waals surface area (Å²) in [5.41, 5.74) is 2.69. The summed E-state index contributed by atoms with van der Waals surface area (Å²) in [4.78, 5) is 45.1. The van der Waals surface area contributed by atoms with Crippen LogP contribution in [-0.2, 0) is 35.7 Å². The molecule has 252 valence electrons. The highest BCUT2D eigenvalue weighted by atomic mass is 32.2. The van der Waals surface area contributed by atoms with Crippen molar-refractivity contribution in [1.29, 1.82) is 0 Å². The number of hydrogen-bond acceptors (Lipinski definition) is 9. The molecule has 2 aromatic carbocycles. The van der Waals surface area contributed by atoms with Crippen LogP contribution in [0.15, 0.2) is 71.8 Å². The van der Waals surface area contributed by atoms with Gasteiger partial charge in [-0.1, -0.05) is 54.1 Å². The van der Waals surface area contributed by atoms with E-state index in [1.807, 2.05) is 49.4 Å². The Bertz CT molecular complexity index is 1630. The van der Waals surface area contributed by atoms with Gasteiger partial charge in [0.2, 0.25) is 15.9 Å². The summed E-state index contributed by atoms with van der Waals surface area (Å²) in [7, 11) is -2.83. The summed E-state index contributed by atoms with van der Waals surface area (Å²) in [5.74, 6) is -1.34. The van der Waals surface area contributed by atoms with Crippen LogP contribution in [0.1, 0.15) is 28.7 Å². The third kappa shape index (κ3) is 9.73. The van der Waals surface area contributed by atoms with Gasteiger partial charge in [-0.25, -0.2) is 18.2 Å². The molecule has 0 bridgehead atoms. The number of aryl methyl sites for hydroxylation is 3. The van der Waals surface area contributed by atoms with E-state index >= 15 is 0 Å². The minimum absolute atomic E-state index is 0.00633. The Morgan fingerprint density at radius 3 is 2.38 bits per heavy atom. The normalized spacial score (nSPS) is 16.8. The van der Waals surface area contributed by atoms with Gasteiger partial charge in [0.15, 0.2) is 0 Å². The third-order valence-electron chi connectivity index (χ3n) is 7.79. The number of nitrogens with one attached hydrogen (secondary N) is 2. The van der Waals surface area contributed by atoms with Crippen LogP contribution in [0.2, 0.25) is 0 Å². The minimum Gasteiger partial charge on any atom is -0.480 e. The maximum atomic E-state index is 13.2. The third-order valence-corrected chi connectivity index (χ3v) is 9.57. The van der Waals surface area contributed by atoms with Crippen molar-refractivity contribution in [1.82, 2.24) is 19.5 Å². The van der Waals surface area contributed by atoms with E-state index in [0.717, 1.165) is 16.0 Å². The Hall–Kier alpha value is -4.53. The Labute approximate surface area is 274 Å². The van der Waals surface area contributed by atoms with Gasteiger partial charge in [-0.3, -0.25) is 9.59 Å². The number of aromatic nitrogens is 1. The van der Waals surface area contributed by atoms with Crippen molar-refractivity contribution in [3.8, 4) is 0 Å². The zero-order chi connectivity index (χ0) is 34.1. The number of carboxylic acid groups (broad SMARTS) is 1. The predicted octanol–water partition coefficient (Wildman–Crippen LogP) is 3.11. The van der Waals surface area contributed by atoms with E-state index in [2.05, 4.69) is 15.0 Å². The van der Waals surface area contributed by atoms with E-state index in [0.29, 0.717) is 29.9 Å². The predicted molar refractivity (Wildman–Crippen MR) is 174 cm³/mol. The van der Waals surface area contributed by atoms with Gasteiger partial charge in [-0.2, -0.15) is 4.72 Å². The molecule has 1 saturated heterocycles. The smallest absolute Gasteiger partial charge is 0.410 e. The average molecular weight is 668 g/mol. The maximum Gasteiger partial charge on any atom is 0.410 e. The molecule has 3 atom stereocenters. The first-order valence-electron chi connectivity index (χ1n) is 15.1. The number of carboxylic acids is 1. The van der Waals surface area contributed by atoms with E-state index in [1.54, 1.807) is 43.1 Å². The molecule has 3 N–H and O–H groups in total. The van der Waals surface area contributed by atoms with Gasteiger partial charge in [-0.15, -0.1) is 0 Å². The summed E-state index contributed by atoms with van der Waals surface area (Å²) >= 11 is 0. The molecule has 1 aromatic heterocycles. The Balaban J connectivity index is 1.36. The quantitative estimate of drug-likeness (QED) is 0.232. The lowest BCUT2D eigenvalue weighted by Crippen LogP contribution is -2.49. The minimum atomic E-state index is -4.21. The van der Waals surface area contributed by atoms with Gasteiger partial charge < -0.3 is 29.7 Å². The lowest BCUT2D eigenvalue weighted by molar-refractivity contribution is -0.141. The van der Waals surface area contributed by atoms with Crippen molar-refractivity contribution >= 4 is 33.8 Å². The van der Waals surface area contributed by atoms with Crippen LogP contribution in [0.5, 0.6) is 0 Å². The van der Waals surface area contributed by atoms with Crippen molar-refractivity contribution in [2.24, 2.45) is 0 Å². The second-order valence-corrected chi connectivity index (χ2v) is 13.3. The number of pyridine rings is 1. The van der Waals surface area contributed by atoms with E-state index in [4.69, 9.17) is 9.47 Å². The molecule has 3 aromatic rings. The van der Waals surface area contributed by atoms with Crippen LogP contribution in [0.4, 0.5) is 10.6 Å². The fraction of sp³-hybridized carbons (Fsp3) is 0.394. The molecule has 13 nitrogen and oxygen atoms in total. The van der Waals surface area contributed by atoms with Crippen molar-refractivity contribution in [3.05, 3.63) is 89.1 Å². The summed E-state index contributed by atoms with van der Waals surface area (Å²) < 4.78 is 40.1. The highest BCUT2D eigenvalue weighted by Gasteiger charge is 2.37. The highest BCUT2D eigenvalue weighted by Crippen LogP contribution is 2.24. The molecule has 2 amide bonds. The second-order valence-electron chi connectivity index (χ2n) is 11.6. The van der Waals surface area contributed by atoms with E-state index < -0.39 is 53.3 Å². The van der Waals surface area contributed by atoms with E-state index in [1.165, 1.54) is 7.05 Å². The first-order valence-corrected chi connectivity index (χ1v) is 16.6. The number of carbonyl (C=O) groups excluding carboxylic acids is 2. The van der Waals surface area contributed by atoms with Crippen LogP contribution in [0.3, 0.4) is 0 Å². The number of rotatable bonds is 14. The molecule has 1 aliphatic rings. The lowest BCUT2D eigenvalue weighted by atomic mass is 10.1. The molecule has 1 aliphatic heterocycles. The molecule has 0 spiro atoms. The molecule has 1 unspecified atom stereocenters. The van der Waals surface area contributed by atoms with Gasteiger partial charge in [0.25, 0.3) is 0 Å². The molecule has 2 heterocycles. The topological polar surface area (TPSA) is 167 Å². The standard InChI is InChI=1S/C33H41N5O8S/c1-22-14-23(2)31(24(3)15-22)47(43,44)36-28(32(40)41)19-37(4)30(39)21-45-27-16-26(17-35-29-12-8-9-13-34-29)38(18-27)33(42)46-20-25-10-6-5-7-11-25/h5-15,26-28,36H,16-21H2,1-4H3,(H,34,35)(H,40,41)/t26-,27+,28?/m0/s1. The van der Waals surface area contributed by atoms with Gasteiger partial charge in [0.05, 0.1) is 23.6 Å². The Kier molecular flexibility index (Phi) is 11.9. The molecule has 14 heteroatoms.